The third-order valence-corrected chi connectivity index (χ3v) is 2.50. The minimum absolute atomic E-state index is 0.0493. The standard InChI is InChI=1S/C13H13N3O3/c1-2-19-13(17)11-8-15-12-7-10(3-5-16(11)12)9-18-6-4-14/h3,5,7-8H,2,6,9H2,1H3. The molecule has 0 aliphatic rings. The highest BCUT2D eigenvalue weighted by Gasteiger charge is 2.12. The lowest BCUT2D eigenvalue weighted by Gasteiger charge is -2.04. The molecule has 2 aromatic rings. The summed E-state index contributed by atoms with van der Waals surface area (Å²) in [7, 11) is 0. The maximum Gasteiger partial charge on any atom is 0.356 e. The van der Waals surface area contributed by atoms with Gasteiger partial charge in [0.2, 0.25) is 0 Å². The van der Waals surface area contributed by atoms with Gasteiger partial charge in [-0.05, 0) is 24.6 Å². The summed E-state index contributed by atoms with van der Waals surface area (Å²) in [5, 5.41) is 8.39. The van der Waals surface area contributed by atoms with E-state index in [0.29, 0.717) is 24.6 Å². The molecule has 0 radical (unpaired) electrons. The molecule has 0 spiro atoms. The highest BCUT2D eigenvalue weighted by Crippen LogP contribution is 2.11. The van der Waals surface area contributed by atoms with Crippen LogP contribution in [0.25, 0.3) is 5.65 Å². The predicted octanol–water partition coefficient (Wildman–Crippen LogP) is 1.55. The fourth-order valence-corrected chi connectivity index (χ4v) is 1.68. The lowest BCUT2D eigenvalue weighted by atomic mass is 10.3. The van der Waals surface area contributed by atoms with Crippen LogP contribution in [-0.2, 0) is 16.1 Å². The smallest absolute Gasteiger partial charge is 0.356 e. The number of imidazole rings is 1. The van der Waals surface area contributed by atoms with Gasteiger partial charge in [0.1, 0.15) is 12.3 Å². The second kappa shape index (κ2) is 5.98. The molecular weight excluding hydrogens is 246 g/mol. The molecule has 0 aliphatic heterocycles. The van der Waals surface area contributed by atoms with E-state index in [0.717, 1.165) is 5.56 Å². The minimum Gasteiger partial charge on any atom is -0.461 e. The Morgan fingerprint density at radius 2 is 2.42 bits per heavy atom. The number of hydrogen-bond acceptors (Lipinski definition) is 5. The van der Waals surface area contributed by atoms with Gasteiger partial charge >= 0.3 is 5.97 Å². The number of pyridine rings is 1. The number of hydrogen-bond donors (Lipinski definition) is 0. The summed E-state index contributed by atoms with van der Waals surface area (Å²) in [5.74, 6) is -0.400. The van der Waals surface area contributed by atoms with Gasteiger partial charge in [0.15, 0.2) is 5.69 Å². The van der Waals surface area contributed by atoms with Gasteiger partial charge in [-0.25, -0.2) is 9.78 Å². The first-order valence-electron chi connectivity index (χ1n) is 5.84. The molecule has 0 fully saturated rings. The van der Waals surface area contributed by atoms with Crippen LogP contribution >= 0.6 is 0 Å². The van der Waals surface area contributed by atoms with E-state index in [1.807, 2.05) is 12.1 Å². The largest absolute Gasteiger partial charge is 0.461 e. The van der Waals surface area contributed by atoms with Crippen LogP contribution in [-0.4, -0.2) is 28.6 Å². The number of nitrogens with zero attached hydrogens (tertiary/aromatic N) is 3. The van der Waals surface area contributed by atoms with Crippen LogP contribution in [0.4, 0.5) is 0 Å². The minimum atomic E-state index is -0.400. The van der Waals surface area contributed by atoms with Crippen LogP contribution in [0.1, 0.15) is 23.0 Å². The molecule has 0 aromatic carbocycles. The molecule has 2 rings (SSSR count). The summed E-state index contributed by atoms with van der Waals surface area (Å²) in [6.07, 6.45) is 3.22. The molecule has 0 bridgehead atoms. The van der Waals surface area contributed by atoms with Crippen molar-refractivity contribution >= 4 is 11.6 Å². The number of ether oxygens (including phenoxy) is 2. The van der Waals surface area contributed by atoms with Crippen molar-refractivity contribution in [1.29, 1.82) is 5.26 Å². The van der Waals surface area contributed by atoms with Crippen LogP contribution in [0, 0.1) is 11.3 Å². The fourth-order valence-electron chi connectivity index (χ4n) is 1.68. The van der Waals surface area contributed by atoms with Gasteiger partial charge in [0.05, 0.1) is 25.5 Å². The van der Waals surface area contributed by atoms with Crippen LogP contribution in [0.15, 0.2) is 24.5 Å². The third kappa shape index (κ3) is 2.89. The number of nitriles is 1. The normalized spacial score (nSPS) is 10.3. The molecule has 2 aromatic heterocycles. The molecule has 2 heterocycles. The Labute approximate surface area is 110 Å². The van der Waals surface area contributed by atoms with Crippen molar-refractivity contribution in [2.75, 3.05) is 13.2 Å². The Morgan fingerprint density at radius 3 is 3.16 bits per heavy atom. The quantitative estimate of drug-likeness (QED) is 0.601. The summed E-state index contributed by atoms with van der Waals surface area (Å²) < 4.78 is 11.7. The number of esters is 1. The molecule has 19 heavy (non-hydrogen) atoms. The van der Waals surface area contributed by atoms with Crippen molar-refractivity contribution in [3.05, 3.63) is 35.8 Å². The summed E-state index contributed by atoms with van der Waals surface area (Å²) >= 11 is 0. The molecule has 0 amide bonds. The van der Waals surface area contributed by atoms with Gasteiger partial charge in [-0.1, -0.05) is 0 Å². The maximum absolute atomic E-state index is 11.7. The highest BCUT2D eigenvalue weighted by molar-refractivity contribution is 5.88. The molecule has 0 atom stereocenters. The SMILES string of the molecule is CCOC(=O)c1cnc2cc(COCC#N)ccn12. The Balaban J connectivity index is 2.22. The molecule has 0 saturated heterocycles. The zero-order valence-electron chi connectivity index (χ0n) is 10.5. The molecule has 0 aliphatic carbocycles. The third-order valence-electron chi connectivity index (χ3n) is 2.50. The molecular formula is C13H13N3O3. The number of carbonyl (C=O) groups excluding carboxylic acids is 1. The molecule has 0 N–H and O–H groups in total. The van der Waals surface area contributed by atoms with Gasteiger partial charge in [0.25, 0.3) is 0 Å². The zero-order valence-corrected chi connectivity index (χ0v) is 10.5. The van der Waals surface area contributed by atoms with E-state index in [1.165, 1.54) is 6.20 Å². The Kier molecular flexibility index (Phi) is 4.11. The van der Waals surface area contributed by atoms with Crippen LogP contribution in [0.5, 0.6) is 0 Å². The van der Waals surface area contributed by atoms with E-state index in [2.05, 4.69) is 4.98 Å². The van der Waals surface area contributed by atoms with Gasteiger partial charge in [-0.15, -0.1) is 0 Å². The van der Waals surface area contributed by atoms with E-state index in [1.54, 1.807) is 23.6 Å². The second-order valence-corrected chi connectivity index (χ2v) is 3.78. The first-order valence-corrected chi connectivity index (χ1v) is 5.84. The summed E-state index contributed by atoms with van der Waals surface area (Å²) in [6, 6.07) is 5.52. The van der Waals surface area contributed by atoms with Gasteiger partial charge in [-0.3, -0.25) is 4.40 Å². The molecule has 6 heteroatoms. The van der Waals surface area contributed by atoms with Crippen molar-refractivity contribution in [2.45, 2.75) is 13.5 Å². The topological polar surface area (TPSA) is 76.6 Å². The fraction of sp³-hybridized carbons (Fsp3) is 0.308. The molecule has 98 valence electrons. The molecule has 0 saturated carbocycles. The predicted molar refractivity (Wildman–Crippen MR) is 66.4 cm³/mol. The Morgan fingerprint density at radius 1 is 1.58 bits per heavy atom. The highest BCUT2D eigenvalue weighted by atomic mass is 16.5. The summed E-state index contributed by atoms with van der Waals surface area (Å²) in [4.78, 5) is 15.8. The Hall–Kier alpha value is -2.39. The number of rotatable bonds is 5. The number of fused-ring (bicyclic) bond motifs is 1. The molecule has 0 unspecified atom stereocenters. The van der Waals surface area contributed by atoms with Crippen molar-refractivity contribution in [3.8, 4) is 6.07 Å². The first kappa shape index (κ1) is 13.1. The van der Waals surface area contributed by atoms with Crippen LogP contribution in [0.2, 0.25) is 0 Å². The van der Waals surface area contributed by atoms with Gasteiger partial charge < -0.3 is 9.47 Å². The van der Waals surface area contributed by atoms with Gasteiger partial charge in [-0.2, -0.15) is 5.26 Å². The van der Waals surface area contributed by atoms with Crippen molar-refractivity contribution in [2.24, 2.45) is 0 Å². The van der Waals surface area contributed by atoms with Gasteiger partial charge in [0, 0.05) is 6.20 Å². The van der Waals surface area contributed by atoms with E-state index < -0.39 is 5.97 Å². The van der Waals surface area contributed by atoms with E-state index >= 15 is 0 Å². The van der Waals surface area contributed by atoms with E-state index in [9.17, 15) is 4.79 Å². The summed E-state index contributed by atoms with van der Waals surface area (Å²) in [5.41, 5.74) is 1.92. The van der Waals surface area contributed by atoms with Crippen molar-refractivity contribution in [3.63, 3.8) is 0 Å². The maximum atomic E-state index is 11.7. The lowest BCUT2D eigenvalue weighted by Crippen LogP contribution is -2.07. The second-order valence-electron chi connectivity index (χ2n) is 3.78. The van der Waals surface area contributed by atoms with E-state index in [4.69, 9.17) is 14.7 Å². The molecule has 6 nitrogen and oxygen atoms in total. The average molecular weight is 259 g/mol. The Bertz CT molecular complexity index is 628. The van der Waals surface area contributed by atoms with Crippen molar-refractivity contribution < 1.29 is 14.3 Å². The number of carbonyl (C=O) groups is 1. The van der Waals surface area contributed by atoms with Crippen molar-refractivity contribution in [1.82, 2.24) is 9.38 Å². The average Bonchev–Trinajstić information content (AvgIpc) is 2.82. The monoisotopic (exact) mass is 259 g/mol. The number of aromatic nitrogens is 2. The van der Waals surface area contributed by atoms with Crippen LogP contribution < -0.4 is 0 Å². The van der Waals surface area contributed by atoms with Crippen LogP contribution in [0.3, 0.4) is 0 Å². The zero-order chi connectivity index (χ0) is 13.7. The summed E-state index contributed by atoms with van der Waals surface area (Å²) in [6.45, 7) is 2.47. The van der Waals surface area contributed by atoms with E-state index in [-0.39, 0.29) is 6.61 Å². The lowest BCUT2D eigenvalue weighted by molar-refractivity contribution is 0.0518. The first-order chi connectivity index (χ1) is 9.26.